The summed E-state index contributed by atoms with van der Waals surface area (Å²) in [6.07, 6.45) is 2.01. The van der Waals surface area contributed by atoms with Crippen LogP contribution in [0.4, 0.5) is 11.4 Å². The first-order chi connectivity index (χ1) is 11.7. The summed E-state index contributed by atoms with van der Waals surface area (Å²) in [5, 5.41) is 15.4. The Bertz CT molecular complexity index is 871. The number of anilines is 1. The summed E-state index contributed by atoms with van der Waals surface area (Å²) in [5.74, 6) is 0.838. The van der Waals surface area contributed by atoms with E-state index in [0.717, 1.165) is 12.8 Å². The van der Waals surface area contributed by atoms with Gasteiger partial charge in [0.25, 0.3) is 0 Å². The van der Waals surface area contributed by atoms with E-state index in [9.17, 15) is 14.9 Å². The SMILES string of the molecule is C[C@H]1[C@H](C)CC(C)(C)C[C@@H]1Nc1c([N+](=O)[O-])c(=O)oc2ccccc12. The maximum Gasteiger partial charge on any atom is 0.417 e. The van der Waals surface area contributed by atoms with E-state index in [1.54, 1.807) is 24.3 Å². The summed E-state index contributed by atoms with van der Waals surface area (Å²) in [6.45, 7) is 8.81. The zero-order valence-electron chi connectivity index (χ0n) is 15.0. The maximum atomic E-state index is 12.2. The van der Waals surface area contributed by atoms with Crippen molar-refractivity contribution in [2.75, 3.05) is 5.32 Å². The third kappa shape index (κ3) is 3.25. The molecular formula is C19H24N2O4. The van der Waals surface area contributed by atoms with Gasteiger partial charge in [-0.3, -0.25) is 10.1 Å². The molecule has 6 heteroatoms. The average molecular weight is 344 g/mol. The van der Waals surface area contributed by atoms with E-state index < -0.39 is 16.2 Å². The molecule has 0 aliphatic heterocycles. The summed E-state index contributed by atoms with van der Waals surface area (Å²) < 4.78 is 5.14. The second-order valence-electron chi connectivity index (χ2n) is 8.03. The Labute approximate surface area is 146 Å². The van der Waals surface area contributed by atoms with Crippen LogP contribution in [0, 0.1) is 27.4 Å². The molecule has 0 amide bonds. The van der Waals surface area contributed by atoms with Gasteiger partial charge in [0.15, 0.2) is 0 Å². The largest absolute Gasteiger partial charge is 0.418 e. The van der Waals surface area contributed by atoms with Crippen LogP contribution in [-0.4, -0.2) is 11.0 Å². The smallest absolute Gasteiger partial charge is 0.417 e. The van der Waals surface area contributed by atoms with Crippen LogP contribution in [0.5, 0.6) is 0 Å². The molecule has 1 fully saturated rings. The summed E-state index contributed by atoms with van der Waals surface area (Å²) in [6, 6.07) is 6.99. The van der Waals surface area contributed by atoms with Crippen molar-refractivity contribution >= 4 is 22.3 Å². The third-order valence-electron chi connectivity index (χ3n) is 5.48. The van der Waals surface area contributed by atoms with Crippen LogP contribution in [0.3, 0.4) is 0 Å². The van der Waals surface area contributed by atoms with Gasteiger partial charge in [-0.15, -0.1) is 0 Å². The van der Waals surface area contributed by atoms with Gasteiger partial charge >= 0.3 is 11.3 Å². The number of para-hydroxylation sites is 1. The van der Waals surface area contributed by atoms with Crippen LogP contribution >= 0.6 is 0 Å². The molecule has 6 nitrogen and oxygen atoms in total. The van der Waals surface area contributed by atoms with Gasteiger partial charge in [-0.2, -0.15) is 0 Å². The second-order valence-corrected chi connectivity index (χ2v) is 8.03. The number of hydrogen-bond acceptors (Lipinski definition) is 5. The predicted octanol–water partition coefficient (Wildman–Crippen LogP) is 4.57. The average Bonchev–Trinajstić information content (AvgIpc) is 2.51. The Hall–Kier alpha value is -2.37. The predicted molar refractivity (Wildman–Crippen MR) is 97.9 cm³/mol. The molecular weight excluding hydrogens is 320 g/mol. The normalized spacial score (nSPS) is 25.7. The van der Waals surface area contributed by atoms with Crippen LogP contribution in [0.25, 0.3) is 11.0 Å². The number of rotatable bonds is 3. The molecule has 0 unspecified atom stereocenters. The summed E-state index contributed by atoms with van der Waals surface area (Å²) in [7, 11) is 0. The lowest BCUT2D eigenvalue weighted by Gasteiger charge is -2.44. The van der Waals surface area contributed by atoms with E-state index in [4.69, 9.17) is 4.42 Å². The first kappa shape index (κ1) is 17.5. The Balaban J connectivity index is 2.13. The van der Waals surface area contributed by atoms with Gasteiger partial charge < -0.3 is 9.73 Å². The first-order valence-electron chi connectivity index (χ1n) is 8.66. The zero-order valence-corrected chi connectivity index (χ0v) is 15.0. The summed E-state index contributed by atoms with van der Waals surface area (Å²) in [5.41, 5.74) is -0.646. The maximum absolute atomic E-state index is 12.2. The van der Waals surface area contributed by atoms with Crippen LogP contribution < -0.4 is 10.9 Å². The van der Waals surface area contributed by atoms with Crippen molar-refractivity contribution in [3.63, 3.8) is 0 Å². The fourth-order valence-electron chi connectivity index (χ4n) is 4.14. The quantitative estimate of drug-likeness (QED) is 0.500. The standard InChI is InChI=1S/C19H24N2O4/c1-11-9-19(3,4)10-14(12(11)2)20-16-13-7-5-6-8-15(13)25-18(22)17(16)21(23)24/h5-8,11-12,14,20H,9-10H2,1-4H3/t11-,12+,14+/m1/s1. The van der Waals surface area contributed by atoms with Crippen molar-refractivity contribution < 1.29 is 9.34 Å². The van der Waals surface area contributed by atoms with Crippen molar-refractivity contribution in [1.29, 1.82) is 0 Å². The molecule has 0 saturated heterocycles. The molecule has 134 valence electrons. The molecule has 1 aromatic carbocycles. The van der Waals surface area contributed by atoms with Gasteiger partial charge in [-0.05, 0) is 42.2 Å². The van der Waals surface area contributed by atoms with E-state index in [1.807, 2.05) is 0 Å². The monoisotopic (exact) mass is 344 g/mol. The Morgan fingerprint density at radius 3 is 2.60 bits per heavy atom. The number of nitro groups is 1. The van der Waals surface area contributed by atoms with Crippen LogP contribution in [0.1, 0.15) is 40.5 Å². The minimum atomic E-state index is -0.915. The van der Waals surface area contributed by atoms with Crippen molar-refractivity contribution in [3.8, 4) is 0 Å². The highest BCUT2D eigenvalue weighted by Crippen LogP contribution is 2.43. The summed E-state index contributed by atoms with van der Waals surface area (Å²) in [4.78, 5) is 23.0. The number of benzene rings is 1. The van der Waals surface area contributed by atoms with Crippen molar-refractivity contribution in [2.24, 2.45) is 17.3 Å². The molecule has 0 radical (unpaired) electrons. The van der Waals surface area contributed by atoms with Gasteiger partial charge in [0.2, 0.25) is 0 Å². The number of nitrogens with zero attached hydrogens (tertiary/aromatic N) is 1. The minimum Gasteiger partial charge on any atom is -0.418 e. The lowest BCUT2D eigenvalue weighted by atomic mass is 9.66. The fourth-order valence-corrected chi connectivity index (χ4v) is 4.14. The van der Waals surface area contributed by atoms with Gasteiger partial charge in [0.1, 0.15) is 11.3 Å². The zero-order chi connectivity index (χ0) is 18.4. The highest BCUT2D eigenvalue weighted by Gasteiger charge is 2.38. The first-order valence-corrected chi connectivity index (χ1v) is 8.66. The van der Waals surface area contributed by atoms with Crippen molar-refractivity contribution in [1.82, 2.24) is 0 Å². The number of fused-ring (bicyclic) bond motifs is 1. The molecule has 1 aromatic heterocycles. The van der Waals surface area contributed by atoms with Gasteiger partial charge in [0.05, 0.1) is 4.92 Å². The molecule has 0 bridgehead atoms. The van der Waals surface area contributed by atoms with Gasteiger partial charge in [-0.1, -0.05) is 39.8 Å². The molecule has 1 N–H and O–H groups in total. The molecule has 1 aliphatic carbocycles. The van der Waals surface area contributed by atoms with Crippen LogP contribution in [-0.2, 0) is 0 Å². The lowest BCUT2D eigenvalue weighted by molar-refractivity contribution is -0.386. The molecule has 3 atom stereocenters. The van der Waals surface area contributed by atoms with E-state index in [1.165, 1.54) is 0 Å². The lowest BCUT2D eigenvalue weighted by Crippen LogP contribution is -2.42. The van der Waals surface area contributed by atoms with E-state index in [0.29, 0.717) is 22.8 Å². The molecule has 1 heterocycles. The second kappa shape index (κ2) is 6.17. The van der Waals surface area contributed by atoms with Gasteiger partial charge in [-0.25, -0.2) is 4.79 Å². The topological polar surface area (TPSA) is 85.4 Å². The van der Waals surface area contributed by atoms with Crippen LogP contribution in [0.2, 0.25) is 0 Å². The number of nitrogens with one attached hydrogen (secondary N) is 1. The van der Waals surface area contributed by atoms with Crippen molar-refractivity contribution in [2.45, 2.75) is 46.6 Å². The number of hydrogen-bond donors (Lipinski definition) is 1. The Morgan fingerprint density at radius 2 is 1.92 bits per heavy atom. The highest BCUT2D eigenvalue weighted by atomic mass is 16.6. The minimum absolute atomic E-state index is 0.0580. The Morgan fingerprint density at radius 1 is 1.24 bits per heavy atom. The van der Waals surface area contributed by atoms with Gasteiger partial charge in [0, 0.05) is 11.4 Å². The van der Waals surface area contributed by atoms with Crippen molar-refractivity contribution in [3.05, 3.63) is 44.8 Å². The molecule has 3 rings (SSSR count). The Kier molecular flexibility index (Phi) is 4.31. The fraction of sp³-hybridized carbons (Fsp3) is 0.526. The third-order valence-corrected chi connectivity index (χ3v) is 5.48. The molecule has 25 heavy (non-hydrogen) atoms. The van der Waals surface area contributed by atoms with E-state index in [-0.39, 0.29) is 17.1 Å². The summed E-state index contributed by atoms with van der Waals surface area (Å²) >= 11 is 0. The molecule has 2 aromatic rings. The van der Waals surface area contributed by atoms with E-state index in [2.05, 4.69) is 33.0 Å². The van der Waals surface area contributed by atoms with Crippen LogP contribution in [0.15, 0.2) is 33.5 Å². The molecule has 1 saturated carbocycles. The molecule has 1 aliphatic rings. The molecule has 0 spiro atoms. The van der Waals surface area contributed by atoms with E-state index >= 15 is 0 Å². The highest BCUT2D eigenvalue weighted by molar-refractivity contribution is 5.94.